The minimum atomic E-state index is -0.539. The summed E-state index contributed by atoms with van der Waals surface area (Å²) in [6, 6.07) is 7.49. The van der Waals surface area contributed by atoms with E-state index in [-0.39, 0.29) is 5.91 Å². The molecule has 1 aliphatic heterocycles. The second kappa shape index (κ2) is 8.46. The van der Waals surface area contributed by atoms with Gasteiger partial charge < -0.3 is 9.80 Å². The van der Waals surface area contributed by atoms with Gasteiger partial charge in [0, 0.05) is 39.4 Å². The summed E-state index contributed by atoms with van der Waals surface area (Å²) in [6.45, 7) is 1.78. The van der Waals surface area contributed by atoms with E-state index in [1.807, 2.05) is 12.1 Å². The van der Waals surface area contributed by atoms with E-state index < -0.39 is 11.6 Å². The first-order valence-corrected chi connectivity index (χ1v) is 9.30. The van der Waals surface area contributed by atoms with Crippen LogP contribution < -0.4 is 4.90 Å². The molecule has 1 aliphatic rings. The van der Waals surface area contributed by atoms with Crippen LogP contribution >= 0.6 is 0 Å². The third-order valence-electron chi connectivity index (χ3n) is 5.08. The van der Waals surface area contributed by atoms with Crippen molar-refractivity contribution in [1.29, 1.82) is 0 Å². The van der Waals surface area contributed by atoms with E-state index in [4.69, 9.17) is 0 Å². The van der Waals surface area contributed by atoms with Gasteiger partial charge in [0.05, 0.1) is 5.56 Å². The molecule has 0 N–H and O–H groups in total. The SMILES string of the molecule is CN(C)C(=O)c1ccc(N2CCCC(CCc3ccc(F)cc3F)C2)nc1. The standard InChI is InChI=1S/C21H25F2N3O/c1-25(2)21(27)17-8-10-20(24-13-17)26-11-3-4-15(14-26)5-6-16-7-9-18(22)12-19(16)23/h7-10,12-13,15H,3-6,11,14H2,1-2H3. The highest BCUT2D eigenvalue weighted by Crippen LogP contribution is 2.25. The average molecular weight is 373 g/mol. The van der Waals surface area contributed by atoms with Crippen LogP contribution in [0.5, 0.6) is 0 Å². The summed E-state index contributed by atoms with van der Waals surface area (Å²) >= 11 is 0. The number of hydrogen-bond acceptors (Lipinski definition) is 3. The molecule has 1 saturated heterocycles. The number of benzene rings is 1. The molecule has 1 amide bonds. The smallest absolute Gasteiger partial charge is 0.254 e. The molecule has 0 radical (unpaired) electrons. The maximum absolute atomic E-state index is 13.8. The molecule has 2 aromatic rings. The molecule has 4 nitrogen and oxygen atoms in total. The Morgan fingerprint density at radius 2 is 2.07 bits per heavy atom. The molecule has 0 aliphatic carbocycles. The van der Waals surface area contributed by atoms with Crippen molar-refractivity contribution in [1.82, 2.24) is 9.88 Å². The quantitative estimate of drug-likeness (QED) is 0.797. The fourth-order valence-electron chi connectivity index (χ4n) is 3.55. The molecule has 1 fully saturated rings. The van der Waals surface area contributed by atoms with Gasteiger partial charge in [-0.2, -0.15) is 0 Å². The molecule has 27 heavy (non-hydrogen) atoms. The highest BCUT2D eigenvalue weighted by molar-refractivity contribution is 5.93. The van der Waals surface area contributed by atoms with E-state index in [0.717, 1.165) is 44.2 Å². The van der Waals surface area contributed by atoms with Crippen molar-refractivity contribution in [2.24, 2.45) is 5.92 Å². The van der Waals surface area contributed by atoms with Crippen molar-refractivity contribution in [3.63, 3.8) is 0 Å². The first kappa shape index (κ1) is 19.3. The van der Waals surface area contributed by atoms with E-state index in [2.05, 4.69) is 9.88 Å². The predicted octanol–water partition coefficient (Wildman–Crippen LogP) is 3.91. The Bertz CT molecular complexity index is 793. The number of anilines is 1. The van der Waals surface area contributed by atoms with E-state index in [9.17, 15) is 13.6 Å². The van der Waals surface area contributed by atoms with Crippen LogP contribution in [0.3, 0.4) is 0 Å². The molecule has 1 aromatic heterocycles. The number of carbonyl (C=O) groups is 1. The number of carbonyl (C=O) groups excluding carboxylic acids is 1. The summed E-state index contributed by atoms with van der Waals surface area (Å²) < 4.78 is 26.8. The highest BCUT2D eigenvalue weighted by Gasteiger charge is 2.21. The molecule has 2 heterocycles. The molecule has 1 unspecified atom stereocenters. The van der Waals surface area contributed by atoms with E-state index in [0.29, 0.717) is 23.5 Å². The number of aromatic nitrogens is 1. The van der Waals surface area contributed by atoms with Gasteiger partial charge >= 0.3 is 0 Å². The summed E-state index contributed by atoms with van der Waals surface area (Å²) in [5.74, 6) is 0.232. The molecule has 0 bridgehead atoms. The topological polar surface area (TPSA) is 36.4 Å². The first-order valence-electron chi connectivity index (χ1n) is 9.30. The lowest BCUT2D eigenvalue weighted by molar-refractivity contribution is 0.0827. The fraction of sp³-hybridized carbons (Fsp3) is 0.429. The lowest BCUT2D eigenvalue weighted by atomic mass is 9.91. The maximum Gasteiger partial charge on any atom is 0.254 e. The van der Waals surface area contributed by atoms with Crippen molar-refractivity contribution < 1.29 is 13.6 Å². The summed E-state index contributed by atoms with van der Waals surface area (Å²) in [4.78, 5) is 20.2. The monoisotopic (exact) mass is 373 g/mol. The summed E-state index contributed by atoms with van der Waals surface area (Å²) in [5.41, 5.74) is 1.14. The Morgan fingerprint density at radius 1 is 1.26 bits per heavy atom. The zero-order valence-electron chi connectivity index (χ0n) is 15.8. The van der Waals surface area contributed by atoms with Gasteiger partial charge in [-0.15, -0.1) is 0 Å². The highest BCUT2D eigenvalue weighted by atomic mass is 19.1. The molecule has 144 valence electrons. The molecule has 0 saturated carbocycles. The minimum Gasteiger partial charge on any atom is -0.356 e. The van der Waals surface area contributed by atoms with Gasteiger partial charge in [-0.3, -0.25) is 4.79 Å². The number of halogens is 2. The molecular weight excluding hydrogens is 348 g/mol. The Labute approximate surface area is 158 Å². The van der Waals surface area contributed by atoms with Crippen molar-refractivity contribution in [2.45, 2.75) is 25.7 Å². The van der Waals surface area contributed by atoms with Gasteiger partial charge in [0.1, 0.15) is 17.5 Å². The summed E-state index contributed by atoms with van der Waals surface area (Å²) in [7, 11) is 3.44. The molecule has 1 atom stereocenters. The van der Waals surface area contributed by atoms with E-state index in [1.54, 1.807) is 20.3 Å². The van der Waals surface area contributed by atoms with Crippen molar-refractivity contribution in [3.05, 3.63) is 59.3 Å². The maximum atomic E-state index is 13.8. The van der Waals surface area contributed by atoms with Crippen LogP contribution in [-0.4, -0.2) is 43.0 Å². The normalized spacial score (nSPS) is 17.0. The third-order valence-corrected chi connectivity index (χ3v) is 5.08. The van der Waals surface area contributed by atoms with E-state index >= 15 is 0 Å². The van der Waals surface area contributed by atoms with E-state index in [1.165, 1.54) is 17.0 Å². The van der Waals surface area contributed by atoms with Crippen LogP contribution in [0, 0.1) is 17.6 Å². The van der Waals surface area contributed by atoms with Crippen LogP contribution in [0.4, 0.5) is 14.6 Å². The molecule has 0 spiro atoms. The first-order chi connectivity index (χ1) is 12.9. The summed E-state index contributed by atoms with van der Waals surface area (Å²) in [5, 5.41) is 0. The number of nitrogens with zero attached hydrogens (tertiary/aromatic N) is 3. The summed E-state index contributed by atoms with van der Waals surface area (Å²) in [6.07, 6.45) is 5.23. The van der Waals surface area contributed by atoms with Gasteiger partial charge in [-0.25, -0.2) is 13.8 Å². The van der Waals surface area contributed by atoms with Gasteiger partial charge in [0.2, 0.25) is 0 Å². The Kier molecular flexibility index (Phi) is 6.04. The lowest BCUT2D eigenvalue weighted by Crippen LogP contribution is -2.36. The predicted molar refractivity (Wildman–Crippen MR) is 102 cm³/mol. The molecule has 6 heteroatoms. The third kappa shape index (κ3) is 4.81. The number of piperidine rings is 1. The molecule has 3 rings (SSSR count). The minimum absolute atomic E-state index is 0.0631. The number of rotatable bonds is 5. The van der Waals surface area contributed by atoms with Crippen molar-refractivity contribution in [2.75, 3.05) is 32.1 Å². The lowest BCUT2D eigenvalue weighted by Gasteiger charge is -2.33. The fourth-order valence-corrected chi connectivity index (χ4v) is 3.55. The Morgan fingerprint density at radius 3 is 2.74 bits per heavy atom. The zero-order valence-corrected chi connectivity index (χ0v) is 15.8. The van der Waals surface area contributed by atoms with Gasteiger partial charge in [0.25, 0.3) is 5.91 Å². The van der Waals surface area contributed by atoms with Gasteiger partial charge in [0.15, 0.2) is 0 Å². The number of hydrogen-bond donors (Lipinski definition) is 0. The number of pyridine rings is 1. The molecular formula is C21H25F2N3O. The van der Waals surface area contributed by atoms with Gasteiger partial charge in [-0.05, 0) is 55.4 Å². The second-order valence-corrected chi connectivity index (χ2v) is 7.33. The van der Waals surface area contributed by atoms with Crippen LogP contribution in [-0.2, 0) is 6.42 Å². The van der Waals surface area contributed by atoms with Crippen LogP contribution in [0.2, 0.25) is 0 Å². The Balaban J connectivity index is 1.59. The number of amides is 1. The Hall–Kier alpha value is -2.50. The van der Waals surface area contributed by atoms with Gasteiger partial charge in [-0.1, -0.05) is 6.07 Å². The van der Waals surface area contributed by atoms with Crippen LogP contribution in [0.1, 0.15) is 35.2 Å². The largest absolute Gasteiger partial charge is 0.356 e. The zero-order chi connectivity index (χ0) is 19.4. The van der Waals surface area contributed by atoms with Crippen molar-refractivity contribution in [3.8, 4) is 0 Å². The van der Waals surface area contributed by atoms with Crippen LogP contribution in [0.15, 0.2) is 36.5 Å². The van der Waals surface area contributed by atoms with Crippen molar-refractivity contribution >= 4 is 11.7 Å². The average Bonchev–Trinajstić information content (AvgIpc) is 2.67. The second-order valence-electron chi connectivity index (χ2n) is 7.33. The number of aryl methyl sites for hydroxylation is 1. The van der Waals surface area contributed by atoms with Crippen LogP contribution in [0.25, 0.3) is 0 Å². The molecule has 1 aromatic carbocycles.